The van der Waals surface area contributed by atoms with Gasteiger partial charge in [0.1, 0.15) is 11.6 Å². The van der Waals surface area contributed by atoms with E-state index >= 15 is 0 Å². The number of benzene rings is 2. The molecule has 0 aromatic heterocycles. The van der Waals surface area contributed by atoms with Gasteiger partial charge in [-0.15, -0.1) is 0 Å². The van der Waals surface area contributed by atoms with Gasteiger partial charge in [0.15, 0.2) is 0 Å². The topological polar surface area (TPSA) is 26.0 Å². The van der Waals surface area contributed by atoms with Crippen LogP contribution in [0.15, 0.2) is 36.4 Å². The Morgan fingerprint density at radius 3 is 2.21 bits per heavy atom. The summed E-state index contributed by atoms with van der Waals surface area (Å²) in [6.07, 6.45) is 0. The number of rotatable bonds is 2. The third-order valence-electron chi connectivity index (χ3n) is 3.51. The minimum atomic E-state index is -1.20. The first kappa shape index (κ1) is 13.7. The molecule has 1 atom stereocenters. The molecule has 0 aliphatic rings. The van der Waals surface area contributed by atoms with Crippen molar-refractivity contribution in [1.29, 1.82) is 0 Å². The average Bonchev–Trinajstić information content (AvgIpc) is 2.34. The molecule has 0 bridgehead atoms. The molecule has 2 rings (SSSR count). The molecule has 0 spiro atoms. The molecular formula is C16H17F2N. The zero-order valence-corrected chi connectivity index (χ0v) is 11.3. The molecule has 0 radical (unpaired) electrons. The Balaban J connectivity index is 2.70. The fraction of sp³-hybridized carbons (Fsp3) is 0.250. The smallest absolute Gasteiger partial charge is 0.134 e. The van der Waals surface area contributed by atoms with Crippen LogP contribution in [0.1, 0.15) is 29.2 Å². The summed E-state index contributed by atoms with van der Waals surface area (Å²) >= 11 is 0. The van der Waals surface area contributed by atoms with Crippen LogP contribution in [0.5, 0.6) is 0 Å². The van der Waals surface area contributed by atoms with Crippen LogP contribution in [0.4, 0.5) is 8.78 Å². The Labute approximate surface area is 112 Å². The van der Waals surface area contributed by atoms with Crippen LogP contribution < -0.4 is 5.73 Å². The third kappa shape index (κ3) is 2.26. The molecule has 3 heteroatoms. The van der Waals surface area contributed by atoms with Crippen molar-refractivity contribution in [3.8, 4) is 0 Å². The van der Waals surface area contributed by atoms with Crippen LogP contribution in [-0.4, -0.2) is 0 Å². The molecule has 1 nitrogen and oxygen atoms in total. The van der Waals surface area contributed by atoms with Crippen molar-refractivity contribution in [3.63, 3.8) is 0 Å². The molecule has 0 fully saturated rings. The number of nitrogens with two attached hydrogens (primary N) is 1. The number of halogens is 2. The lowest BCUT2D eigenvalue weighted by atomic mass is 9.82. The van der Waals surface area contributed by atoms with Crippen LogP contribution >= 0.6 is 0 Å². The molecule has 100 valence electrons. The molecule has 0 aliphatic carbocycles. The van der Waals surface area contributed by atoms with Gasteiger partial charge in [-0.3, -0.25) is 0 Å². The Bertz CT molecular complexity index is 618. The summed E-state index contributed by atoms with van der Waals surface area (Å²) in [4.78, 5) is 0. The van der Waals surface area contributed by atoms with Gasteiger partial charge in [-0.1, -0.05) is 30.3 Å². The van der Waals surface area contributed by atoms with Crippen LogP contribution in [0.3, 0.4) is 0 Å². The van der Waals surface area contributed by atoms with Gasteiger partial charge >= 0.3 is 0 Å². The highest BCUT2D eigenvalue weighted by atomic mass is 19.1. The second-order valence-corrected chi connectivity index (χ2v) is 5.07. The van der Waals surface area contributed by atoms with Gasteiger partial charge in [0.25, 0.3) is 0 Å². The lowest BCUT2D eigenvalue weighted by Crippen LogP contribution is -2.37. The van der Waals surface area contributed by atoms with E-state index < -0.39 is 17.2 Å². The molecule has 0 aliphatic heterocycles. The van der Waals surface area contributed by atoms with Crippen LogP contribution in [0, 0.1) is 25.5 Å². The summed E-state index contributed by atoms with van der Waals surface area (Å²) < 4.78 is 28.3. The van der Waals surface area contributed by atoms with Crippen molar-refractivity contribution in [1.82, 2.24) is 0 Å². The Kier molecular flexibility index (Phi) is 3.42. The average molecular weight is 261 g/mol. The lowest BCUT2D eigenvalue weighted by molar-refractivity contribution is 0.477. The van der Waals surface area contributed by atoms with Gasteiger partial charge in [0.05, 0.1) is 5.54 Å². The molecule has 2 aromatic carbocycles. The minimum absolute atomic E-state index is 0.0817. The highest BCUT2D eigenvalue weighted by Crippen LogP contribution is 2.33. The Morgan fingerprint density at radius 1 is 0.947 bits per heavy atom. The second kappa shape index (κ2) is 4.74. The number of aryl methyl sites for hydroxylation is 2. The predicted octanol–water partition coefficient (Wildman–Crippen LogP) is 3.80. The largest absolute Gasteiger partial charge is 0.318 e. The SMILES string of the molecule is Cc1ccccc1C(C)(N)c1c(F)ccc(C)c1F. The molecule has 1 unspecified atom stereocenters. The molecule has 0 heterocycles. The summed E-state index contributed by atoms with van der Waals surface area (Å²) in [6.45, 7) is 5.12. The third-order valence-corrected chi connectivity index (χ3v) is 3.51. The van der Waals surface area contributed by atoms with E-state index in [9.17, 15) is 8.78 Å². The summed E-state index contributed by atoms with van der Waals surface area (Å²) in [5.74, 6) is -1.19. The predicted molar refractivity (Wildman–Crippen MR) is 72.9 cm³/mol. The molecule has 0 saturated carbocycles. The van der Waals surface area contributed by atoms with Gasteiger partial charge < -0.3 is 5.73 Å². The van der Waals surface area contributed by atoms with Crippen LogP contribution in [0.25, 0.3) is 0 Å². The Hall–Kier alpha value is -1.74. The lowest BCUT2D eigenvalue weighted by Gasteiger charge is -2.29. The van der Waals surface area contributed by atoms with E-state index in [2.05, 4.69) is 0 Å². The van der Waals surface area contributed by atoms with E-state index in [0.29, 0.717) is 5.56 Å². The van der Waals surface area contributed by atoms with Crippen molar-refractivity contribution in [2.75, 3.05) is 0 Å². The maximum Gasteiger partial charge on any atom is 0.134 e. The molecule has 19 heavy (non-hydrogen) atoms. The van der Waals surface area contributed by atoms with Crippen molar-refractivity contribution < 1.29 is 8.78 Å². The first-order valence-electron chi connectivity index (χ1n) is 6.15. The quantitative estimate of drug-likeness (QED) is 0.874. The maximum atomic E-state index is 14.3. The Morgan fingerprint density at radius 2 is 1.58 bits per heavy atom. The zero-order valence-electron chi connectivity index (χ0n) is 11.3. The van der Waals surface area contributed by atoms with Gasteiger partial charge in [-0.25, -0.2) is 8.78 Å². The highest BCUT2D eigenvalue weighted by Gasteiger charge is 2.32. The van der Waals surface area contributed by atoms with E-state index in [-0.39, 0.29) is 5.56 Å². The standard InChI is InChI=1S/C16H17F2N/c1-10-6-4-5-7-12(10)16(3,19)14-13(17)9-8-11(2)15(14)18/h4-9H,19H2,1-3H3. The normalized spacial score (nSPS) is 14.2. The van der Waals surface area contributed by atoms with Crippen molar-refractivity contribution in [3.05, 3.63) is 70.3 Å². The molecule has 0 amide bonds. The number of hydrogen-bond donors (Lipinski definition) is 1. The monoisotopic (exact) mass is 261 g/mol. The fourth-order valence-electron chi connectivity index (χ4n) is 2.42. The summed E-state index contributed by atoms with van der Waals surface area (Å²) in [5, 5.41) is 0. The molecule has 2 aromatic rings. The summed E-state index contributed by atoms with van der Waals surface area (Å²) in [5.41, 5.74) is 6.99. The van der Waals surface area contributed by atoms with E-state index in [4.69, 9.17) is 5.73 Å². The summed E-state index contributed by atoms with van der Waals surface area (Å²) in [6, 6.07) is 10.1. The molecule has 2 N–H and O–H groups in total. The van der Waals surface area contributed by atoms with Gasteiger partial charge in [0.2, 0.25) is 0 Å². The van der Waals surface area contributed by atoms with Gasteiger partial charge in [-0.05, 0) is 43.5 Å². The van der Waals surface area contributed by atoms with Crippen molar-refractivity contribution in [2.45, 2.75) is 26.3 Å². The molecular weight excluding hydrogens is 244 g/mol. The second-order valence-electron chi connectivity index (χ2n) is 5.07. The van der Waals surface area contributed by atoms with Crippen molar-refractivity contribution in [2.24, 2.45) is 5.73 Å². The van der Waals surface area contributed by atoms with E-state index in [1.54, 1.807) is 19.9 Å². The molecule has 0 saturated heterocycles. The zero-order chi connectivity index (χ0) is 14.2. The minimum Gasteiger partial charge on any atom is -0.318 e. The fourth-order valence-corrected chi connectivity index (χ4v) is 2.42. The summed E-state index contributed by atoms with van der Waals surface area (Å²) in [7, 11) is 0. The van der Waals surface area contributed by atoms with E-state index in [1.807, 2.05) is 25.1 Å². The van der Waals surface area contributed by atoms with E-state index in [0.717, 1.165) is 11.1 Å². The first-order valence-corrected chi connectivity index (χ1v) is 6.15. The van der Waals surface area contributed by atoms with Crippen LogP contribution in [-0.2, 0) is 5.54 Å². The maximum absolute atomic E-state index is 14.3. The van der Waals surface area contributed by atoms with Crippen LogP contribution in [0.2, 0.25) is 0 Å². The van der Waals surface area contributed by atoms with Gasteiger partial charge in [-0.2, -0.15) is 0 Å². The number of hydrogen-bond acceptors (Lipinski definition) is 1. The van der Waals surface area contributed by atoms with Crippen molar-refractivity contribution >= 4 is 0 Å². The first-order chi connectivity index (χ1) is 8.85. The van der Waals surface area contributed by atoms with E-state index in [1.165, 1.54) is 12.1 Å². The van der Waals surface area contributed by atoms with Gasteiger partial charge in [0, 0.05) is 5.56 Å². The highest BCUT2D eigenvalue weighted by molar-refractivity contribution is 5.43.